The lowest BCUT2D eigenvalue weighted by Crippen LogP contribution is -2.29. The Morgan fingerprint density at radius 2 is 2.28 bits per heavy atom. The monoisotopic (exact) mass is 245 g/mol. The molecule has 2 aliphatic heterocycles. The number of halogens is 1. The third-order valence-corrected chi connectivity index (χ3v) is 4.19. The average molecular weight is 245 g/mol. The van der Waals surface area contributed by atoms with Gasteiger partial charge in [0.05, 0.1) is 17.3 Å². The fraction of sp³-hybridized carbons (Fsp3) is 0.500. The molecule has 3 rings (SSSR count). The van der Waals surface area contributed by atoms with Crippen LogP contribution in [0.3, 0.4) is 0 Å². The van der Waals surface area contributed by atoms with Crippen molar-refractivity contribution >= 4 is 5.69 Å². The van der Waals surface area contributed by atoms with Gasteiger partial charge in [-0.3, -0.25) is 0 Å². The number of anilines is 1. The fourth-order valence-electron chi connectivity index (χ4n) is 3.12. The van der Waals surface area contributed by atoms with Gasteiger partial charge in [0.15, 0.2) is 0 Å². The molecule has 94 valence electrons. The summed E-state index contributed by atoms with van der Waals surface area (Å²) in [6.07, 6.45) is 2.31. The molecule has 0 amide bonds. The van der Waals surface area contributed by atoms with Crippen molar-refractivity contribution < 1.29 is 4.39 Å². The van der Waals surface area contributed by atoms with E-state index < -0.39 is 0 Å². The molecular weight excluding hydrogens is 229 g/mol. The molecule has 1 atom stereocenters. The summed E-state index contributed by atoms with van der Waals surface area (Å²) >= 11 is 0. The van der Waals surface area contributed by atoms with Crippen molar-refractivity contribution in [1.82, 2.24) is 5.32 Å². The van der Waals surface area contributed by atoms with E-state index in [9.17, 15) is 4.39 Å². The van der Waals surface area contributed by atoms with E-state index in [0.29, 0.717) is 16.7 Å². The van der Waals surface area contributed by atoms with Crippen LogP contribution in [-0.4, -0.2) is 26.2 Å². The molecule has 1 aromatic carbocycles. The van der Waals surface area contributed by atoms with Crippen LogP contribution in [0, 0.1) is 22.6 Å². The van der Waals surface area contributed by atoms with E-state index in [-0.39, 0.29) is 5.82 Å². The predicted octanol–water partition coefficient (Wildman–Crippen LogP) is 1.89. The molecule has 0 aliphatic carbocycles. The van der Waals surface area contributed by atoms with Crippen molar-refractivity contribution in [3.05, 3.63) is 29.6 Å². The Hall–Kier alpha value is -1.60. The molecule has 2 heterocycles. The van der Waals surface area contributed by atoms with Crippen molar-refractivity contribution in [2.75, 3.05) is 31.1 Å². The number of hydrogen-bond acceptors (Lipinski definition) is 3. The summed E-state index contributed by atoms with van der Waals surface area (Å²) in [6, 6.07) is 6.71. The van der Waals surface area contributed by atoms with Crippen LogP contribution < -0.4 is 10.2 Å². The Kier molecular flexibility index (Phi) is 2.71. The minimum Gasteiger partial charge on any atom is -0.369 e. The molecule has 0 saturated carbocycles. The van der Waals surface area contributed by atoms with Gasteiger partial charge in [-0.25, -0.2) is 4.39 Å². The standard InChI is InChI=1S/C14H16FN3/c15-12-7-11(8-16)1-2-13(12)18-6-4-14(10-18)3-5-17-9-14/h1-2,7,17H,3-6,9-10H2. The van der Waals surface area contributed by atoms with Crippen LogP contribution in [0.2, 0.25) is 0 Å². The van der Waals surface area contributed by atoms with Crippen molar-refractivity contribution in [3.63, 3.8) is 0 Å². The lowest BCUT2D eigenvalue weighted by atomic mass is 9.86. The second kappa shape index (κ2) is 4.25. The molecule has 1 spiro atoms. The van der Waals surface area contributed by atoms with Gasteiger partial charge in [-0.2, -0.15) is 5.26 Å². The molecule has 1 unspecified atom stereocenters. The zero-order valence-corrected chi connectivity index (χ0v) is 10.2. The maximum atomic E-state index is 14.0. The maximum Gasteiger partial charge on any atom is 0.147 e. The summed E-state index contributed by atoms with van der Waals surface area (Å²) in [5.41, 5.74) is 1.35. The number of nitrogens with zero attached hydrogens (tertiary/aromatic N) is 2. The van der Waals surface area contributed by atoms with E-state index in [1.165, 1.54) is 12.5 Å². The summed E-state index contributed by atoms with van der Waals surface area (Å²) < 4.78 is 14.0. The van der Waals surface area contributed by atoms with Crippen LogP contribution in [-0.2, 0) is 0 Å². The highest BCUT2D eigenvalue weighted by atomic mass is 19.1. The molecule has 4 heteroatoms. The minimum absolute atomic E-state index is 0.281. The highest BCUT2D eigenvalue weighted by Crippen LogP contribution is 2.38. The number of nitrogens with one attached hydrogen (secondary N) is 1. The largest absolute Gasteiger partial charge is 0.369 e. The van der Waals surface area contributed by atoms with Gasteiger partial charge < -0.3 is 10.2 Å². The van der Waals surface area contributed by atoms with Crippen LogP contribution in [0.5, 0.6) is 0 Å². The molecule has 18 heavy (non-hydrogen) atoms. The second-order valence-electron chi connectivity index (χ2n) is 5.38. The molecule has 0 radical (unpaired) electrons. The van der Waals surface area contributed by atoms with Crippen LogP contribution in [0.15, 0.2) is 18.2 Å². The van der Waals surface area contributed by atoms with E-state index in [0.717, 1.165) is 32.6 Å². The Morgan fingerprint density at radius 1 is 1.39 bits per heavy atom. The third kappa shape index (κ3) is 1.85. The summed E-state index contributed by atoms with van der Waals surface area (Å²) in [7, 11) is 0. The van der Waals surface area contributed by atoms with Gasteiger partial charge in [-0.1, -0.05) is 0 Å². The van der Waals surface area contributed by atoms with Gasteiger partial charge in [0.25, 0.3) is 0 Å². The van der Waals surface area contributed by atoms with E-state index in [4.69, 9.17) is 5.26 Å². The first-order valence-electron chi connectivity index (χ1n) is 6.38. The Labute approximate surface area is 106 Å². The second-order valence-corrected chi connectivity index (χ2v) is 5.38. The molecule has 3 nitrogen and oxygen atoms in total. The third-order valence-electron chi connectivity index (χ3n) is 4.19. The first-order chi connectivity index (χ1) is 8.72. The van der Waals surface area contributed by atoms with Crippen molar-refractivity contribution in [1.29, 1.82) is 5.26 Å². The lowest BCUT2D eigenvalue weighted by molar-refractivity contribution is 0.369. The van der Waals surface area contributed by atoms with Crippen molar-refractivity contribution in [3.8, 4) is 6.07 Å². The Balaban J connectivity index is 1.82. The van der Waals surface area contributed by atoms with E-state index in [1.807, 2.05) is 6.07 Å². The molecule has 2 saturated heterocycles. The van der Waals surface area contributed by atoms with Gasteiger partial charge in [-0.15, -0.1) is 0 Å². The molecule has 2 aliphatic rings. The number of nitriles is 1. The minimum atomic E-state index is -0.281. The zero-order valence-electron chi connectivity index (χ0n) is 10.2. The Bertz CT molecular complexity index is 500. The van der Waals surface area contributed by atoms with Gasteiger partial charge in [0.1, 0.15) is 5.82 Å². The molecule has 0 bridgehead atoms. The lowest BCUT2D eigenvalue weighted by Gasteiger charge is -2.24. The maximum absolute atomic E-state index is 14.0. The van der Waals surface area contributed by atoms with Crippen LogP contribution in [0.1, 0.15) is 18.4 Å². The number of hydrogen-bond donors (Lipinski definition) is 1. The van der Waals surface area contributed by atoms with Gasteiger partial charge >= 0.3 is 0 Å². The number of rotatable bonds is 1. The first kappa shape index (κ1) is 11.5. The highest BCUT2D eigenvalue weighted by molar-refractivity contribution is 5.52. The first-order valence-corrected chi connectivity index (χ1v) is 6.38. The summed E-state index contributed by atoms with van der Waals surface area (Å²) in [4.78, 5) is 2.11. The van der Waals surface area contributed by atoms with E-state index >= 15 is 0 Å². The summed E-state index contributed by atoms with van der Waals surface area (Å²) in [5.74, 6) is -0.281. The Morgan fingerprint density at radius 3 is 2.94 bits per heavy atom. The highest BCUT2D eigenvalue weighted by Gasteiger charge is 2.40. The summed E-state index contributed by atoms with van der Waals surface area (Å²) in [5, 5.41) is 12.1. The van der Waals surface area contributed by atoms with Gasteiger partial charge in [0.2, 0.25) is 0 Å². The smallest absolute Gasteiger partial charge is 0.147 e. The molecule has 0 aromatic heterocycles. The zero-order chi connectivity index (χ0) is 12.6. The molecule has 1 N–H and O–H groups in total. The van der Waals surface area contributed by atoms with Crippen LogP contribution >= 0.6 is 0 Å². The van der Waals surface area contributed by atoms with E-state index in [1.54, 1.807) is 12.1 Å². The normalized spacial score (nSPS) is 26.8. The molecule has 1 aromatic rings. The quantitative estimate of drug-likeness (QED) is 0.821. The van der Waals surface area contributed by atoms with Gasteiger partial charge in [-0.05, 0) is 37.6 Å². The topological polar surface area (TPSA) is 39.1 Å². The molecular formula is C14H16FN3. The number of benzene rings is 1. The average Bonchev–Trinajstić information content (AvgIpc) is 3.00. The summed E-state index contributed by atoms with van der Waals surface area (Å²) in [6.45, 7) is 3.94. The predicted molar refractivity (Wildman–Crippen MR) is 67.9 cm³/mol. The van der Waals surface area contributed by atoms with E-state index in [2.05, 4.69) is 10.2 Å². The van der Waals surface area contributed by atoms with Gasteiger partial charge in [0, 0.05) is 25.0 Å². The SMILES string of the molecule is N#Cc1ccc(N2CCC3(CCNC3)C2)c(F)c1. The van der Waals surface area contributed by atoms with Crippen molar-refractivity contribution in [2.24, 2.45) is 5.41 Å². The molecule has 2 fully saturated rings. The fourth-order valence-corrected chi connectivity index (χ4v) is 3.12. The van der Waals surface area contributed by atoms with Crippen molar-refractivity contribution in [2.45, 2.75) is 12.8 Å². The van der Waals surface area contributed by atoms with Crippen LogP contribution in [0.25, 0.3) is 0 Å². The van der Waals surface area contributed by atoms with Crippen LogP contribution in [0.4, 0.5) is 10.1 Å².